The molecule has 7 nitrogen and oxygen atoms in total. The minimum atomic E-state index is -0.301. The highest BCUT2D eigenvalue weighted by atomic mass is 16.3. The molecule has 2 N–H and O–H groups in total. The molecule has 0 saturated carbocycles. The number of amides is 1. The highest BCUT2D eigenvalue weighted by molar-refractivity contribution is 6.00. The fourth-order valence-corrected chi connectivity index (χ4v) is 3.27. The minimum Gasteiger partial charge on any atom is -0.394 e. The van der Waals surface area contributed by atoms with Crippen molar-refractivity contribution < 1.29 is 9.90 Å². The summed E-state index contributed by atoms with van der Waals surface area (Å²) in [6.45, 7) is 2.52. The second-order valence-electron chi connectivity index (χ2n) is 6.92. The molecule has 0 aliphatic heterocycles. The molecule has 1 amide bonds. The van der Waals surface area contributed by atoms with Gasteiger partial charge in [0.25, 0.3) is 5.91 Å². The van der Waals surface area contributed by atoms with E-state index in [0.717, 1.165) is 0 Å². The van der Waals surface area contributed by atoms with E-state index in [1.54, 1.807) is 6.33 Å². The predicted octanol–water partition coefficient (Wildman–Crippen LogP) is 2.75. The predicted molar refractivity (Wildman–Crippen MR) is 111 cm³/mol. The Morgan fingerprint density at radius 1 is 1.17 bits per heavy atom. The number of imidazole rings is 2. The Labute approximate surface area is 168 Å². The van der Waals surface area contributed by atoms with Crippen LogP contribution in [0.2, 0.25) is 0 Å². The van der Waals surface area contributed by atoms with Crippen molar-refractivity contribution in [2.24, 2.45) is 0 Å². The van der Waals surface area contributed by atoms with Gasteiger partial charge >= 0.3 is 0 Å². The Balaban J connectivity index is 1.67. The number of carbonyl (C=O) groups is 1. The standard InChI is InChI=1S/C22H23N5O2/c1-2-17(14-28)24-22(29)20-19-10-6-7-11-27(19)21(25-20)18-13-26(15-23-18)12-16-8-4-3-5-9-16/h3-11,13,15,17,28H,2,12,14H2,1H3,(H,24,29)/t17-/m1/s1. The highest BCUT2D eigenvalue weighted by Crippen LogP contribution is 2.22. The minimum absolute atomic E-state index is 0.106. The lowest BCUT2D eigenvalue weighted by Crippen LogP contribution is -2.37. The number of aromatic nitrogens is 4. The van der Waals surface area contributed by atoms with Crippen molar-refractivity contribution in [1.29, 1.82) is 0 Å². The van der Waals surface area contributed by atoms with Gasteiger partial charge in [-0.05, 0) is 24.1 Å². The van der Waals surface area contributed by atoms with Crippen LogP contribution < -0.4 is 5.32 Å². The molecule has 148 valence electrons. The normalized spacial score (nSPS) is 12.2. The molecule has 3 heterocycles. The monoisotopic (exact) mass is 389 g/mol. The summed E-state index contributed by atoms with van der Waals surface area (Å²) in [5.41, 5.74) is 2.89. The third-order valence-electron chi connectivity index (χ3n) is 4.88. The molecule has 0 unspecified atom stereocenters. The average Bonchev–Trinajstić information content (AvgIpc) is 3.37. The van der Waals surface area contributed by atoms with Gasteiger partial charge in [-0.15, -0.1) is 0 Å². The maximum absolute atomic E-state index is 12.8. The average molecular weight is 389 g/mol. The second kappa shape index (κ2) is 8.28. The number of pyridine rings is 1. The number of hydrogen-bond donors (Lipinski definition) is 2. The Kier molecular flexibility index (Phi) is 5.39. The number of aliphatic hydroxyl groups is 1. The summed E-state index contributed by atoms with van der Waals surface area (Å²) in [5, 5.41) is 12.2. The van der Waals surface area contributed by atoms with Gasteiger partial charge in [-0.25, -0.2) is 9.97 Å². The molecule has 1 aromatic carbocycles. The fraction of sp³-hybridized carbons (Fsp3) is 0.227. The summed E-state index contributed by atoms with van der Waals surface area (Å²) in [4.78, 5) is 21.9. The van der Waals surface area contributed by atoms with Gasteiger partial charge in [-0.2, -0.15) is 0 Å². The summed E-state index contributed by atoms with van der Waals surface area (Å²) in [5.74, 6) is 0.305. The van der Waals surface area contributed by atoms with E-state index in [0.29, 0.717) is 35.7 Å². The molecule has 0 saturated heterocycles. The lowest BCUT2D eigenvalue weighted by molar-refractivity contribution is 0.0912. The van der Waals surface area contributed by atoms with Crippen LogP contribution in [0.15, 0.2) is 67.3 Å². The fourth-order valence-electron chi connectivity index (χ4n) is 3.27. The van der Waals surface area contributed by atoms with Crippen molar-refractivity contribution in [3.8, 4) is 11.5 Å². The number of nitrogens with one attached hydrogen (secondary N) is 1. The quantitative estimate of drug-likeness (QED) is 0.509. The maximum atomic E-state index is 12.8. The van der Waals surface area contributed by atoms with E-state index in [1.807, 2.05) is 64.7 Å². The van der Waals surface area contributed by atoms with E-state index in [9.17, 15) is 9.90 Å². The molecule has 0 spiro atoms. The van der Waals surface area contributed by atoms with E-state index in [-0.39, 0.29) is 18.6 Å². The highest BCUT2D eigenvalue weighted by Gasteiger charge is 2.21. The molecule has 0 aliphatic rings. The lowest BCUT2D eigenvalue weighted by atomic mass is 10.2. The van der Waals surface area contributed by atoms with Gasteiger partial charge in [-0.1, -0.05) is 43.3 Å². The zero-order valence-corrected chi connectivity index (χ0v) is 16.2. The van der Waals surface area contributed by atoms with Crippen molar-refractivity contribution in [3.05, 3.63) is 78.5 Å². The molecule has 0 aliphatic carbocycles. The summed E-state index contributed by atoms with van der Waals surface area (Å²) in [7, 11) is 0. The van der Waals surface area contributed by atoms with Crippen LogP contribution in [0.25, 0.3) is 17.0 Å². The molecule has 4 rings (SSSR count). The number of fused-ring (bicyclic) bond motifs is 1. The first kappa shape index (κ1) is 18.9. The first-order valence-corrected chi connectivity index (χ1v) is 9.64. The Bertz CT molecular complexity index is 1110. The number of nitrogens with zero attached hydrogens (tertiary/aromatic N) is 4. The first-order chi connectivity index (χ1) is 14.2. The molecular weight excluding hydrogens is 366 g/mol. The van der Waals surface area contributed by atoms with Crippen molar-refractivity contribution in [1.82, 2.24) is 24.3 Å². The molecule has 0 bridgehead atoms. The van der Waals surface area contributed by atoms with Gasteiger partial charge in [0.05, 0.1) is 24.5 Å². The second-order valence-corrected chi connectivity index (χ2v) is 6.92. The lowest BCUT2D eigenvalue weighted by Gasteiger charge is -2.12. The SMILES string of the molecule is CC[C@H](CO)NC(=O)c1nc(-c2cn(Cc3ccccc3)cn2)n2ccccc12. The molecule has 0 fully saturated rings. The van der Waals surface area contributed by atoms with Crippen LogP contribution in [0.1, 0.15) is 29.4 Å². The van der Waals surface area contributed by atoms with Crippen molar-refractivity contribution in [2.75, 3.05) is 6.61 Å². The Hall–Kier alpha value is -3.45. The van der Waals surface area contributed by atoms with E-state index < -0.39 is 0 Å². The molecule has 3 aromatic heterocycles. The number of carbonyl (C=O) groups excluding carboxylic acids is 1. The van der Waals surface area contributed by atoms with Crippen LogP contribution in [-0.4, -0.2) is 42.6 Å². The van der Waals surface area contributed by atoms with E-state index >= 15 is 0 Å². The smallest absolute Gasteiger partial charge is 0.272 e. The van der Waals surface area contributed by atoms with Crippen molar-refractivity contribution in [2.45, 2.75) is 25.9 Å². The van der Waals surface area contributed by atoms with E-state index in [4.69, 9.17) is 0 Å². The largest absolute Gasteiger partial charge is 0.394 e. The van der Waals surface area contributed by atoms with Crippen LogP contribution in [0.4, 0.5) is 0 Å². The molecular formula is C22H23N5O2. The maximum Gasteiger partial charge on any atom is 0.272 e. The van der Waals surface area contributed by atoms with Gasteiger partial charge in [0, 0.05) is 18.9 Å². The summed E-state index contributed by atoms with van der Waals surface area (Å²) >= 11 is 0. The Morgan fingerprint density at radius 3 is 2.72 bits per heavy atom. The van der Waals surface area contributed by atoms with Crippen LogP contribution >= 0.6 is 0 Å². The zero-order valence-electron chi connectivity index (χ0n) is 16.2. The molecule has 1 atom stereocenters. The van der Waals surface area contributed by atoms with Gasteiger partial charge < -0.3 is 15.0 Å². The molecule has 29 heavy (non-hydrogen) atoms. The third kappa shape index (κ3) is 3.90. The van der Waals surface area contributed by atoms with Crippen LogP contribution in [-0.2, 0) is 6.54 Å². The number of benzene rings is 1. The van der Waals surface area contributed by atoms with Gasteiger partial charge in [0.15, 0.2) is 11.5 Å². The number of aliphatic hydroxyl groups excluding tert-OH is 1. The Morgan fingerprint density at radius 2 is 1.97 bits per heavy atom. The summed E-state index contributed by atoms with van der Waals surface area (Å²) in [6.07, 6.45) is 6.21. The molecule has 4 aromatic rings. The van der Waals surface area contributed by atoms with E-state index in [2.05, 4.69) is 27.4 Å². The van der Waals surface area contributed by atoms with Crippen LogP contribution in [0.3, 0.4) is 0 Å². The van der Waals surface area contributed by atoms with Crippen LogP contribution in [0.5, 0.6) is 0 Å². The van der Waals surface area contributed by atoms with Gasteiger partial charge in [0.2, 0.25) is 0 Å². The third-order valence-corrected chi connectivity index (χ3v) is 4.88. The van der Waals surface area contributed by atoms with Crippen molar-refractivity contribution >= 4 is 11.4 Å². The molecule has 7 heteroatoms. The molecule has 0 radical (unpaired) electrons. The number of rotatable bonds is 7. The topological polar surface area (TPSA) is 84.5 Å². The zero-order chi connectivity index (χ0) is 20.2. The van der Waals surface area contributed by atoms with Gasteiger partial charge in [-0.3, -0.25) is 9.20 Å². The summed E-state index contributed by atoms with van der Waals surface area (Å²) in [6, 6.07) is 15.5. The van der Waals surface area contributed by atoms with Crippen LogP contribution in [0, 0.1) is 0 Å². The van der Waals surface area contributed by atoms with E-state index in [1.165, 1.54) is 5.56 Å². The number of hydrogen-bond acceptors (Lipinski definition) is 4. The first-order valence-electron chi connectivity index (χ1n) is 9.64. The van der Waals surface area contributed by atoms with Crippen molar-refractivity contribution in [3.63, 3.8) is 0 Å². The van der Waals surface area contributed by atoms with Gasteiger partial charge in [0.1, 0.15) is 5.69 Å². The summed E-state index contributed by atoms with van der Waals surface area (Å²) < 4.78 is 3.86.